The summed E-state index contributed by atoms with van der Waals surface area (Å²) in [5.41, 5.74) is 0.617. The molecular weight excluding hydrogens is 561 g/mol. The molecule has 0 spiro atoms. The molecule has 2 aliphatic heterocycles. The van der Waals surface area contributed by atoms with E-state index in [0.717, 1.165) is 11.1 Å². The van der Waals surface area contributed by atoms with Crippen LogP contribution in [0.15, 0.2) is 60.7 Å². The zero-order valence-corrected chi connectivity index (χ0v) is 26.5. The van der Waals surface area contributed by atoms with Gasteiger partial charge in [-0.3, -0.25) is 9.59 Å². The highest BCUT2D eigenvalue weighted by atomic mass is 16.7. The van der Waals surface area contributed by atoms with Crippen molar-refractivity contribution in [1.29, 1.82) is 0 Å². The minimum absolute atomic E-state index is 0.0804. The first-order valence-corrected chi connectivity index (χ1v) is 15.5. The second kappa shape index (κ2) is 15.1. The number of rotatable bonds is 13. The summed E-state index contributed by atoms with van der Waals surface area (Å²) in [6.45, 7) is 8.93. The summed E-state index contributed by atoms with van der Waals surface area (Å²) in [6, 6.07) is 17.2. The van der Waals surface area contributed by atoms with Crippen LogP contribution in [-0.2, 0) is 41.4 Å². The summed E-state index contributed by atoms with van der Waals surface area (Å²) in [7, 11) is 1.00. The molecule has 238 valence electrons. The molecule has 10 nitrogen and oxygen atoms in total. The van der Waals surface area contributed by atoms with E-state index in [9.17, 15) is 14.4 Å². The van der Waals surface area contributed by atoms with Crippen LogP contribution in [-0.4, -0.2) is 79.4 Å². The van der Waals surface area contributed by atoms with Gasteiger partial charge in [0.05, 0.1) is 17.1 Å². The first kappa shape index (κ1) is 33.5. The van der Waals surface area contributed by atoms with Crippen LogP contribution in [0.2, 0.25) is 0 Å². The van der Waals surface area contributed by atoms with Crippen molar-refractivity contribution in [2.75, 3.05) is 20.3 Å². The van der Waals surface area contributed by atoms with Crippen molar-refractivity contribution < 1.29 is 33.2 Å². The van der Waals surface area contributed by atoms with Crippen molar-refractivity contribution >= 4 is 25.0 Å². The van der Waals surface area contributed by atoms with Gasteiger partial charge in [-0.1, -0.05) is 60.7 Å². The standard InChI is InChI=1S/C33H46BN3O7/c1-32(2)33(3,4)44-34(43-32)28(19-13-21-41-5)36-29(38)27-18-12-20-37(27)30(39)26(22-24-14-8-6-9-15-24)35-31(40)42-23-25-16-10-7-11-17-25/h6-11,14-17,26-28H,12-13,18-23H2,1-5H3,(H,35,40)(H,36,38)/t26-,27+,28?/m1/s1. The maximum absolute atomic E-state index is 14.0. The van der Waals surface area contributed by atoms with Crippen LogP contribution < -0.4 is 10.6 Å². The van der Waals surface area contributed by atoms with Crippen molar-refractivity contribution in [3.63, 3.8) is 0 Å². The largest absolute Gasteiger partial charge is 0.481 e. The molecule has 2 aliphatic rings. The zero-order valence-electron chi connectivity index (χ0n) is 26.5. The lowest BCUT2D eigenvalue weighted by molar-refractivity contribution is -0.140. The van der Waals surface area contributed by atoms with Crippen LogP contribution in [0.4, 0.5) is 4.79 Å². The van der Waals surface area contributed by atoms with Crippen molar-refractivity contribution in [2.24, 2.45) is 0 Å². The van der Waals surface area contributed by atoms with Gasteiger partial charge in [0, 0.05) is 26.7 Å². The Bertz CT molecular complexity index is 1230. The number of nitrogens with one attached hydrogen (secondary N) is 2. The number of amides is 3. The Morgan fingerprint density at radius 3 is 2.18 bits per heavy atom. The van der Waals surface area contributed by atoms with Crippen LogP contribution in [0.5, 0.6) is 0 Å². The first-order valence-electron chi connectivity index (χ1n) is 15.5. The molecule has 0 radical (unpaired) electrons. The van der Waals surface area contributed by atoms with E-state index in [4.69, 9.17) is 18.8 Å². The minimum Gasteiger partial charge on any atom is -0.445 e. The molecular formula is C33H46BN3O7. The highest BCUT2D eigenvalue weighted by Gasteiger charge is 2.54. The predicted octanol–water partition coefficient (Wildman–Crippen LogP) is 4.06. The topological polar surface area (TPSA) is 115 Å². The van der Waals surface area contributed by atoms with Crippen molar-refractivity contribution in [2.45, 2.75) is 95.6 Å². The van der Waals surface area contributed by atoms with Crippen LogP contribution in [0, 0.1) is 0 Å². The lowest BCUT2D eigenvalue weighted by Crippen LogP contribution is -2.57. The lowest BCUT2D eigenvalue weighted by atomic mass is 9.75. The number of hydrogen-bond donors (Lipinski definition) is 2. The summed E-state index contributed by atoms with van der Waals surface area (Å²) in [4.78, 5) is 42.2. The molecule has 0 aromatic heterocycles. The van der Waals surface area contributed by atoms with Crippen molar-refractivity contribution in [1.82, 2.24) is 15.5 Å². The number of carbonyl (C=O) groups excluding carboxylic acids is 3. The van der Waals surface area contributed by atoms with E-state index in [1.807, 2.05) is 88.4 Å². The average molecular weight is 608 g/mol. The predicted molar refractivity (Wildman–Crippen MR) is 168 cm³/mol. The molecule has 2 saturated heterocycles. The molecule has 0 bridgehead atoms. The van der Waals surface area contributed by atoms with E-state index in [-0.39, 0.29) is 24.8 Å². The minimum atomic E-state index is -0.908. The fourth-order valence-electron chi connectivity index (χ4n) is 5.52. The number of nitrogens with zero attached hydrogens (tertiary/aromatic N) is 1. The second-order valence-electron chi connectivity index (χ2n) is 12.5. The van der Waals surface area contributed by atoms with Gasteiger partial charge in [0.1, 0.15) is 18.7 Å². The summed E-state index contributed by atoms with van der Waals surface area (Å²) in [6.07, 6.45) is 2.05. The van der Waals surface area contributed by atoms with Gasteiger partial charge in [0.15, 0.2) is 0 Å². The van der Waals surface area contributed by atoms with E-state index < -0.39 is 42.4 Å². The van der Waals surface area contributed by atoms with E-state index in [1.165, 1.54) is 0 Å². The zero-order chi connectivity index (χ0) is 31.7. The summed E-state index contributed by atoms with van der Waals surface area (Å²) < 4.78 is 23.2. The van der Waals surface area contributed by atoms with Crippen LogP contribution in [0.25, 0.3) is 0 Å². The van der Waals surface area contributed by atoms with Crippen molar-refractivity contribution in [3.8, 4) is 0 Å². The number of ether oxygens (including phenoxy) is 2. The Balaban J connectivity index is 1.46. The maximum atomic E-state index is 14.0. The number of likely N-dealkylation sites (tertiary alicyclic amines) is 1. The monoisotopic (exact) mass is 607 g/mol. The van der Waals surface area contributed by atoms with E-state index >= 15 is 0 Å². The number of alkyl carbamates (subject to hydrolysis) is 1. The second-order valence-corrected chi connectivity index (χ2v) is 12.5. The summed E-state index contributed by atoms with van der Waals surface area (Å²) >= 11 is 0. The Morgan fingerprint density at radius 2 is 1.57 bits per heavy atom. The highest BCUT2D eigenvalue weighted by molar-refractivity contribution is 6.48. The third-order valence-electron chi connectivity index (χ3n) is 8.72. The molecule has 3 amide bonds. The molecule has 2 heterocycles. The fraction of sp³-hybridized carbons (Fsp3) is 0.545. The lowest BCUT2D eigenvalue weighted by Gasteiger charge is -2.32. The van der Waals surface area contributed by atoms with E-state index in [2.05, 4.69) is 10.6 Å². The molecule has 1 unspecified atom stereocenters. The Labute approximate surface area is 261 Å². The molecule has 2 aromatic carbocycles. The Kier molecular flexibility index (Phi) is 11.5. The third-order valence-corrected chi connectivity index (χ3v) is 8.72. The van der Waals surface area contributed by atoms with Gasteiger partial charge in [0.25, 0.3) is 0 Å². The Hall–Kier alpha value is -3.41. The first-order chi connectivity index (χ1) is 21.0. The quantitative estimate of drug-likeness (QED) is 0.261. The van der Waals surface area contributed by atoms with Crippen LogP contribution in [0.1, 0.15) is 64.5 Å². The molecule has 4 rings (SSSR count). The van der Waals surface area contributed by atoms with Gasteiger partial charge in [-0.15, -0.1) is 0 Å². The molecule has 3 atom stereocenters. The van der Waals surface area contributed by atoms with Gasteiger partial charge in [-0.05, 0) is 64.5 Å². The highest BCUT2D eigenvalue weighted by Crippen LogP contribution is 2.38. The normalized spacial score (nSPS) is 20.2. The molecule has 11 heteroatoms. The van der Waals surface area contributed by atoms with E-state index in [0.29, 0.717) is 38.8 Å². The van der Waals surface area contributed by atoms with Crippen LogP contribution in [0.3, 0.4) is 0 Å². The Morgan fingerprint density at radius 1 is 0.955 bits per heavy atom. The molecule has 0 aliphatic carbocycles. The summed E-state index contributed by atoms with van der Waals surface area (Å²) in [5, 5.41) is 5.91. The molecule has 44 heavy (non-hydrogen) atoms. The average Bonchev–Trinajstić information content (AvgIpc) is 3.57. The fourth-order valence-corrected chi connectivity index (χ4v) is 5.52. The van der Waals surface area contributed by atoms with Gasteiger partial charge in [-0.25, -0.2) is 4.79 Å². The van der Waals surface area contributed by atoms with Gasteiger partial charge in [-0.2, -0.15) is 0 Å². The smallest absolute Gasteiger partial charge is 0.445 e. The number of benzene rings is 2. The summed E-state index contributed by atoms with van der Waals surface area (Å²) in [5.74, 6) is -1.02. The molecule has 2 fully saturated rings. The number of carbonyl (C=O) groups is 3. The van der Waals surface area contributed by atoms with Crippen molar-refractivity contribution in [3.05, 3.63) is 71.8 Å². The molecule has 0 saturated carbocycles. The van der Waals surface area contributed by atoms with E-state index in [1.54, 1.807) is 12.0 Å². The number of methoxy groups -OCH3 is 1. The molecule has 2 N–H and O–H groups in total. The third kappa shape index (κ3) is 8.61. The van der Waals surface area contributed by atoms with Gasteiger partial charge in [0.2, 0.25) is 11.8 Å². The molecule has 2 aromatic rings. The number of hydrogen-bond acceptors (Lipinski definition) is 7. The van der Waals surface area contributed by atoms with Gasteiger partial charge >= 0.3 is 13.2 Å². The SMILES string of the molecule is COCCCC(NC(=O)[C@@H]1CCCN1C(=O)[C@@H](Cc1ccccc1)NC(=O)OCc1ccccc1)B1OC(C)(C)C(C)(C)O1. The van der Waals surface area contributed by atoms with Gasteiger partial charge < -0.3 is 34.3 Å². The maximum Gasteiger partial charge on any atom is 0.481 e. The van der Waals surface area contributed by atoms with Crippen LogP contribution >= 0.6 is 0 Å².